The average molecular weight is 390 g/mol. The summed E-state index contributed by atoms with van der Waals surface area (Å²) in [4.78, 5) is 38.4. The topological polar surface area (TPSA) is 101 Å². The number of aryl methyl sites for hydroxylation is 1. The minimum absolute atomic E-state index is 0.127. The summed E-state index contributed by atoms with van der Waals surface area (Å²) in [6, 6.07) is 17.3. The van der Waals surface area contributed by atoms with Crippen LogP contribution < -0.4 is 10.5 Å². The summed E-state index contributed by atoms with van der Waals surface area (Å²) < 4.78 is 10.2. The van der Waals surface area contributed by atoms with Gasteiger partial charge < -0.3 is 14.1 Å². The standard InChI is InChI=1S/C22H18N2O5/c1-15-7-9-17(10-8-15)24(12-4-11-23)20(25)14-28-21(26)18-13-16-5-2-3-6-19(16)29-22(18)27/h2-3,5-10,13H,4,12,14H2,1H3. The van der Waals surface area contributed by atoms with Crippen LogP contribution in [-0.2, 0) is 9.53 Å². The smallest absolute Gasteiger partial charge is 0.351 e. The zero-order valence-corrected chi connectivity index (χ0v) is 15.8. The van der Waals surface area contributed by atoms with Crippen LogP contribution in [0.25, 0.3) is 11.0 Å². The van der Waals surface area contributed by atoms with E-state index in [1.807, 2.05) is 25.1 Å². The Balaban J connectivity index is 1.74. The number of nitrogens with zero attached hydrogens (tertiary/aromatic N) is 2. The Labute approximate surface area is 166 Å². The van der Waals surface area contributed by atoms with E-state index in [1.54, 1.807) is 36.4 Å². The van der Waals surface area contributed by atoms with Crippen molar-refractivity contribution in [2.75, 3.05) is 18.1 Å². The summed E-state index contributed by atoms with van der Waals surface area (Å²) in [7, 11) is 0. The lowest BCUT2D eigenvalue weighted by Gasteiger charge is -2.21. The van der Waals surface area contributed by atoms with Gasteiger partial charge in [0.15, 0.2) is 6.61 Å². The molecule has 0 spiro atoms. The molecule has 0 atom stereocenters. The monoisotopic (exact) mass is 390 g/mol. The first-order chi connectivity index (χ1) is 14.0. The Hall–Kier alpha value is -3.92. The fourth-order valence-corrected chi connectivity index (χ4v) is 2.77. The summed E-state index contributed by atoms with van der Waals surface area (Å²) in [5, 5.41) is 9.42. The van der Waals surface area contributed by atoms with Crippen LogP contribution in [0.15, 0.2) is 63.8 Å². The van der Waals surface area contributed by atoms with Crippen molar-refractivity contribution >= 4 is 28.5 Å². The van der Waals surface area contributed by atoms with Crippen LogP contribution in [0.5, 0.6) is 0 Å². The van der Waals surface area contributed by atoms with Gasteiger partial charge in [0.2, 0.25) is 0 Å². The number of carbonyl (C=O) groups excluding carboxylic acids is 2. The van der Waals surface area contributed by atoms with E-state index in [9.17, 15) is 14.4 Å². The third-order valence-electron chi connectivity index (χ3n) is 4.28. The van der Waals surface area contributed by atoms with Crippen LogP contribution in [0.4, 0.5) is 5.69 Å². The highest BCUT2D eigenvalue weighted by molar-refractivity contribution is 5.98. The molecule has 2 aromatic carbocycles. The molecular weight excluding hydrogens is 372 g/mol. The normalized spacial score (nSPS) is 10.3. The molecule has 3 rings (SSSR count). The van der Waals surface area contributed by atoms with Crippen molar-refractivity contribution in [2.45, 2.75) is 13.3 Å². The maximum absolute atomic E-state index is 12.6. The minimum atomic E-state index is -0.943. The van der Waals surface area contributed by atoms with Crippen LogP contribution in [0, 0.1) is 18.3 Å². The van der Waals surface area contributed by atoms with Gasteiger partial charge in [-0.2, -0.15) is 5.26 Å². The molecule has 0 unspecified atom stereocenters. The first-order valence-electron chi connectivity index (χ1n) is 8.93. The predicted molar refractivity (Wildman–Crippen MR) is 107 cm³/mol. The molecule has 29 heavy (non-hydrogen) atoms. The maximum atomic E-state index is 12.6. The van der Waals surface area contributed by atoms with Crippen LogP contribution in [-0.4, -0.2) is 25.0 Å². The van der Waals surface area contributed by atoms with Gasteiger partial charge in [0, 0.05) is 17.6 Å². The lowest BCUT2D eigenvalue weighted by Crippen LogP contribution is -2.35. The number of carbonyl (C=O) groups is 2. The van der Waals surface area contributed by atoms with Crippen molar-refractivity contribution in [1.82, 2.24) is 0 Å². The van der Waals surface area contributed by atoms with E-state index in [0.717, 1.165) is 5.56 Å². The zero-order chi connectivity index (χ0) is 20.8. The van der Waals surface area contributed by atoms with E-state index in [2.05, 4.69) is 0 Å². The van der Waals surface area contributed by atoms with Crippen LogP contribution in [0.2, 0.25) is 0 Å². The number of hydrogen-bond donors (Lipinski definition) is 0. The first kappa shape index (κ1) is 19.8. The second kappa shape index (κ2) is 8.85. The Morgan fingerprint density at radius 2 is 1.86 bits per heavy atom. The number of anilines is 1. The zero-order valence-electron chi connectivity index (χ0n) is 15.8. The van der Waals surface area contributed by atoms with Crippen molar-refractivity contribution in [3.63, 3.8) is 0 Å². The third-order valence-corrected chi connectivity index (χ3v) is 4.28. The van der Waals surface area contributed by atoms with Gasteiger partial charge in [-0.1, -0.05) is 35.9 Å². The Bertz CT molecular complexity index is 1140. The molecule has 7 nitrogen and oxygen atoms in total. The molecule has 1 heterocycles. The summed E-state index contributed by atoms with van der Waals surface area (Å²) in [5.74, 6) is -1.44. The number of para-hydroxylation sites is 1. The van der Waals surface area contributed by atoms with E-state index in [4.69, 9.17) is 14.4 Å². The molecule has 1 aromatic heterocycles. The molecule has 0 aliphatic carbocycles. The van der Waals surface area contributed by atoms with Gasteiger partial charge in [0.25, 0.3) is 5.91 Å². The average Bonchev–Trinajstić information content (AvgIpc) is 2.73. The van der Waals surface area contributed by atoms with Gasteiger partial charge in [-0.25, -0.2) is 9.59 Å². The fourth-order valence-electron chi connectivity index (χ4n) is 2.77. The van der Waals surface area contributed by atoms with Gasteiger partial charge in [-0.15, -0.1) is 0 Å². The molecule has 0 bridgehead atoms. The highest BCUT2D eigenvalue weighted by Crippen LogP contribution is 2.17. The summed E-state index contributed by atoms with van der Waals surface area (Å²) in [6.45, 7) is 1.51. The number of ether oxygens (including phenoxy) is 1. The summed E-state index contributed by atoms with van der Waals surface area (Å²) in [6.07, 6.45) is 0.127. The highest BCUT2D eigenvalue weighted by atomic mass is 16.5. The van der Waals surface area contributed by atoms with Crippen molar-refractivity contribution in [3.05, 3.63) is 76.1 Å². The third kappa shape index (κ3) is 4.68. The number of amides is 1. The van der Waals surface area contributed by atoms with Crippen molar-refractivity contribution in [1.29, 1.82) is 5.26 Å². The van der Waals surface area contributed by atoms with Crippen molar-refractivity contribution in [2.24, 2.45) is 0 Å². The lowest BCUT2D eigenvalue weighted by molar-refractivity contribution is -0.121. The van der Waals surface area contributed by atoms with Crippen molar-refractivity contribution in [3.8, 4) is 6.07 Å². The molecular formula is C22H18N2O5. The number of fused-ring (bicyclic) bond motifs is 1. The van der Waals surface area contributed by atoms with E-state index >= 15 is 0 Å². The SMILES string of the molecule is Cc1ccc(N(CCC#N)C(=O)COC(=O)c2cc3ccccc3oc2=O)cc1. The van der Waals surface area contributed by atoms with E-state index in [1.165, 1.54) is 11.0 Å². The predicted octanol–water partition coefficient (Wildman–Crippen LogP) is 3.21. The van der Waals surface area contributed by atoms with Gasteiger partial charge >= 0.3 is 11.6 Å². The van der Waals surface area contributed by atoms with Crippen LogP contribution >= 0.6 is 0 Å². The lowest BCUT2D eigenvalue weighted by atomic mass is 10.2. The molecule has 146 valence electrons. The number of hydrogen-bond acceptors (Lipinski definition) is 6. The Kier molecular flexibility index (Phi) is 6.05. The number of benzene rings is 2. The number of esters is 1. The second-order valence-corrected chi connectivity index (χ2v) is 6.35. The molecule has 0 saturated heterocycles. The molecule has 0 radical (unpaired) electrons. The maximum Gasteiger partial charge on any atom is 0.351 e. The van der Waals surface area contributed by atoms with Crippen LogP contribution in [0.3, 0.4) is 0 Å². The molecule has 1 amide bonds. The largest absolute Gasteiger partial charge is 0.452 e. The van der Waals surface area contributed by atoms with Crippen molar-refractivity contribution < 1.29 is 18.7 Å². The highest BCUT2D eigenvalue weighted by Gasteiger charge is 2.20. The summed E-state index contributed by atoms with van der Waals surface area (Å²) >= 11 is 0. The van der Waals surface area contributed by atoms with Gasteiger partial charge in [0.1, 0.15) is 11.1 Å². The Morgan fingerprint density at radius 3 is 2.59 bits per heavy atom. The van der Waals surface area contributed by atoms with E-state index in [-0.39, 0.29) is 18.5 Å². The molecule has 0 fully saturated rings. The molecule has 0 aliphatic heterocycles. The molecule has 0 aliphatic rings. The minimum Gasteiger partial charge on any atom is -0.452 e. The molecule has 3 aromatic rings. The quantitative estimate of drug-likeness (QED) is 0.473. The Morgan fingerprint density at radius 1 is 1.14 bits per heavy atom. The van der Waals surface area contributed by atoms with E-state index < -0.39 is 24.1 Å². The number of nitriles is 1. The van der Waals surface area contributed by atoms with Crippen LogP contribution in [0.1, 0.15) is 22.3 Å². The fraction of sp³-hybridized carbons (Fsp3) is 0.182. The van der Waals surface area contributed by atoms with Gasteiger partial charge in [-0.3, -0.25) is 4.79 Å². The molecule has 0 saturated carbocycles. The summed E-state index contributed by atoms with van der Waals surface area (Å²) in [5.41, 5.74) is 0.858. The molecule has 7 heteroatoms. The first-order valence-corrected chi connectivity index (χ1v) is 8.93. The second-order valence-electron chi connectivity index (χ2n) is 6.35. The van der Waals surface area contributed by atoms with Gasteiger partial charge in [0.05, 0.1) is 12.5 Å². The van der Waals surface area contributed by atoms with E-state index in [0.29, 0.717) is 16.7 Å². The number of rotatable bonds is 6. The molecule has 0 N–H and O–H groups in total. The van der Waals surface area contributed by atoms with Gasteiger partial charge in [-0.05, 0) is 31.2 Å².